The van der Waals surface area contributed by atoms with Gasteiger partial charge in [0, 0.05) is 50.5 Å². The molecule has 0 amide bonds. The van der Waals surface area contributed by atoms with E-state index in [9.17, 15) is 0 Å². The van der Waals surface area contributed by atoms with Gasteiger partial charge in [0.1, 0.15) is 5.82 Å². The van der Waals surface area contributed by atoms with E-state index in [2.05, 4.69) is 318 Å². The van der Waals surface area contributed by atoms with Gasteiger partial charge in [-0.3, -0.25) is 4.90 Å². The van der Waals surface area contributed by atoms with Crippen LogP contribution in [-0.2, 0) is 0 Å². The third kappa shape index (κ3) is 6.72. The summed E-state index contributed by atoms with van der Waals surface area (Å²) in [5.74, 6) is 0.883. The monoisotopic (exact) mass is 1010 g/mol. The number of aromatic nitrogens is 2. The first-order valence-electron chi connectivity index (χ1n) is 26.5. The first kappa shape index (κ1) is 44.9. The fourth-order valence-electron chi connectivity index (χ4n) is 13.2. The van der Waals surface area contributed by atoms with Crippen LogP contribution in [0.25, 0.3) is 38.8 Å². The molecule has 0 saturated heterocycles. The van der Waals surface area contributed by atoms with Crippen LogP contribution < -0.4 is 51.3 Å². The van der Waals surface area contributed by atoms with Crippen molar-refractivity contribution in [3.05, 3.63) is 303 Å². The Morgan fingerprint density at radius 3 is 1.10 bits per heavy atom. The van der Waals surface area contributed by atoms with Crippen LogP contribution in [0.3, 0.4) is 0 Å². The molecule has 13 aromatic rings. The Morgan fingerprint density at radius 2 is 0.649 bits per heavy atom. The maximum atomic E-state index is 5.64. The first-order chi connectivity index (χ1) is 38.2. The van der Waals surface area contributed by atoms with E-state index in [4.69, 9.17) is 4.98 Å². The zero-order chi connectivity index (χ0) is 50.9. The maximum Gasteiger partial charge on any atom is 0.184 e. The fraction of sp³-hybridized carbons (Fsp3) is 0. The predicted molar refractivity (Wildman–Crippen MR) is 328 cm³/mol. The lowest BCUT2D eigenvalue weighted by Crippen LogP contribution is -2.77. The van der Waals surface area contributed by atoms with Crippen molar-refractivity contribution in [1.29, 1.82) is 0 Å². The zero-order valence-corrected chi connectivity index (χ0v) is 44.2. The molecular formula is C71H50N4Si2. The molecule has 15 rings (SSSR count). The fourth-order valence-corrected chi connectivity index (χ4v) is 23.4. The maximum absolute atomic E-state index is 5.64. The van der Waals surface area contributed by atoms with Crippen LogP contribution >= 0.6 is 0 Å². The minimum Gasteiger partial charge on any atom is -0.311 e. The van der Waals surface area contributed by atoms with Crippen molar-refractivity contribution in [3.63, 3.8) is 0 Å². The molecule has 0 aliphatic carbocycles. The normalized spacial score (nSPS) is 13.9. The molecule has 2 aliphatic heterocycles. The molecular weight excluding hydrogens is 965 g/mol. The van der Waals surface area contributed by atoms with Gasteiger partial charge in [-0.1, -0.05) is 224 Å². The van der Waals surface area contributed by atoms with Crippen LogP contribution in [0.1, 0.15) is 0 Å². The minimum atomic E-state index is -2.78. The Hall–Kier alpha value is -9.60. The van der Waals surface area contributed by atoms with Crippen LogP contribution in [0.4, 0.5) is 34.3 Å². The van der Waals surface area contributed by atoms with Gasteiger partial charge in [0.25, 0.3) is 0 Å². The molecule has 0 unspecified atom stereocenters. The van der Waals surface area contributed by atoms with E-state index in [1.807, 2.05) is 0 Å². The molecule has 11 aromatic carbocycles. The van der Waals surface area contributed by atoms with E-state index in [1.165, 1.54) is 63.6 Å². The summed E-state index contributed by atoms with van der Waals surface area (Å²) in [7, 11) is -5.56. The van der Waals surface area contributed by atoms with Crippen molar-refractivity contribution < 1.29 is 0 Å². The first-order valence-corrected chi connectivity index (χ1v) is 30.5. The summed E-state index contributed by atoms with van der Waals surface area (Å²) >= 11 is 0. The van der Waals surface area contributed by atoms with E-state index >= 15 is 0 Å². The second-order valence-corrected chi connectivity index (χ2v) is 27.7. The quantitative estimate of drug-likeness (QED) is 0.142. The summed E-state index contributed by atoms with van der Waals surface area (Å²) in [6.45, 7) is 0. The van der Waals surface area contributed by atoms with E-state index < -0.39 is 16.1 Å². The number of anilines is 6. The summed E-state index contributed by atoms with van der Waals surface area (Å²) in [5.41, 5.74) is 11.3. The minimum absolute atomic E-state index is 0.883. The van der Waals surface area contributed by atoms with Crippen molar-refractivity contribution in [2.45, 2.75) is 0 Å². The number of fused-ring (bicyclic) bond motifs is 7. The molecule has 0 fully saturated rings. The summed E-state index contributed by atoms with van der Waals surface area (Å²) < 4.78 is 2.42. The summed E-state index contributed by atoms with van der Waals surface area (Å²) in [6, 6.07) is 113. The average Bonchev–Trinajstić information content (AvgIpc) is 3.84. The third-order valence-corrected chi connectivity index (χ3v) is 26.0. The molecule has 2 aromatic heterocycles. The van der Waals surface area contributed by atoms with Gasteiger partial charge >= 0.3 is 0 Å². The lowest BCUT2D eigenvalue weighted by Gasteiger charge is -2.45. The van der Waals surface area contributed by atoms with Crippen LogP contribution in [0.2, 0.25) is 0 Å². The van der Waals surface area contributed by atoms with Gasteiger partial charge in [0.2, 0.25) is 0 Å². The highest BCUT2D eigenvalue weighted by Gasteiger charge is 2.50. The zero-order valence-electron chi connectivity index (χ0n) is 42.2. The Balaban J connectivity index is 0.910. The van der Waals surface area contributed by atoms with Crippen molar-refractivity contribution in [1.82, 2.24) is 9.55 Å². The van der Waals surface area contributed by atoms with Gasteiger partial charge < -0.3 is 9.47 Å². The third-order valence-electron chi connectivity index (χ3n) is 16.3. The van der Waals surface area contributed by atoms with Crippen LogP contribution in [0, 0.1) is 0 Å². The van der Waals surface area contributed by atoms with Crippen molar-refractivity contribution in [2.75, 3.05) is 9.80 Å². The molecule has 0 saturated carbocycles. The lowest BCUT2D eigenvalue weighted by molar-refractivity contribution is 1.18. The Kier molecular flexibility index (Phi) is 10.5. The number of para-hydroxylation sites is 5. The van der Waals surface area contributed by atoms with Crippen LogP contribution in [-0.4, -0.2) is 25.7 Å². The Labute approximate surface area is 450 Å². The number of benzene rings is 11. The highest BCUT2D eigenvalue weighted by Crippen LogP contribution is 2.43. The van der Waals surface area contributed by atoms with Crippen LogP contribution in [0.5, 0.6) is 0 Å². The molecule has 6 heteroatoms. The Bertz CT molecular complexity index is 4180. The van der Waals surface area contributed by atoms with Crippen molar-refractivity contribution in [3.8, 4) is 16.9 Å². The molecule has 0 atom stereocenters. The molecule has 4 nitrogen and oxygen atoms in total. The lowest BCUT2D eigenvalue weighted by atomic mass is 10.1. The second-order valence-electron chi connectivity index (χ2n) is 20.2. The molecule has 362 valence electrons. The number of hydrogen-bond acceptors (Lipinski definition) is 3. The molecule has 77 heavy (non-hydrogen) atoms. The number of hydrogen-bond donors (Lipinski definition) is 0. The molecule has 0 spiro atoms. The molecule has 0 radical (unpaired) electrons. The highest BCUT2D eigenvalue weighted by atomic mass is 28.3. The van der Waals surface area contributed by atoms with Gasteiger partial charge in [-0.2, -0.15) is 0 Å². The van der Waals surface area contributed by atoms with Gasteiger partial charge in [-0.05, 0) is 120 Å². The molecule has 2 aliphatic rings. The molecule has 0 bridgehead atoms. The van der Waals surface area contributed by atoms with E-state index in [0.29, 0.717) is 0 Å². The molecule has 0 N–H and O–H groups in total. The van der Waals surface area contributed by atoms with Crippen LogP contribution in [0.15, 0.2) is 303 Å². The van der Waals surface area contributed by atoms with Gasteiger partial charge in [-0.25, -0.2) is 4.98 Å². The number of pyridine rings is 1. The SMILES string of the molecule is c1ccc(-n2c3ccc(-c4cccc(N5c6ccccc6[Si](c6ccccc6)(c6ccccc6)c6ccccc65)n4)cc3c3cc(N4c5ccccc5[Si](c5ccccc5)(c5ccccc5)c5ccccc54)ccc32)cc1. The van der Waals surface area contributed by atoms with Gasteiger partial charge in [0.05, 0.1) is 16.7 Å². The van der Waals surface area contributed by atoms with E-state index in [-0.39, 0.29) is 0 Å². The average molecular weight is 1020 g/mol. The summed E-state index contributed by atoms with van der Waals surface area (Å²) in [6.07, 6.45) is 0. The smallest absolute Gasteiger partial charge is 0.184 e. The van der Waals surface area contributed by atoms with Gasteiger partial charge in [0.15, 0.2) is 16.1 Å². The van der Waals surface area contributed by atoms with Gasteiger partial charge in [-0.15, -0.1) is 0 Å². The largest absolute Gasteiger partial charge is 0.311 e. The second kappa shape index (κ2) is 18.1. The Morgan fingerprint density at radius 1 is 0.273 bits per heavy atom. The number of rotatable bonds is 8. The van der Waals surface area contributed by atoms with Crippen molar-refractivity contribution in [2.24, 2.45) is 0 Å². The summed E-state index contributed by atoms with van der Waals surface area (Å²) in [4.78, 5) is 10.6. The summed E-state index contributed by atoms with van der Waals surface area (Å²) in [5, 5.41) is 13.3. The van der Waals surface area contributed by atoms with E-state index in [1.54, 1.807) is 0 Å². The standard InChI is InChI=1S/C71H50N4Si2/c1-6-25-52(26-7-1)73-61-47-45-51(60-35-24-44-71(72-60)75-65-38-18-22-42-69(65)77(56-31-12-4-13-32-56,57-33-14-5-15-34-57)70-43-23-19-39-66(70)75)49-58(61)59-50-53(46-48-62(59)73)74-63-36-16-20-40-67(63)76(54-27-8-2-9-28-54,55-29-10-3-11-30-55)68-41-21-17-37-64(68)74/h1-50H. The topological polar surface area (TPSA) is 24.3 Å². The van der Waals surface area contributed by atoms with E-state index in [0.717, 1.165) is 50.9 Å². The highest BCUT2D eigenvalue weighted by molar-refractivity contribution is 7.22. The predicted octanol–water partition coefficient (Wildman–Crippen LogP) is 12.2. The van der Waals surface area contributed by atoms with Crippen molar-refractivity contribution >= 4 is 114 Å². The molecule has 4 heterocycles. The number of nitrogens with zero attached hydrogens (tertiary/aromatic N) is 4.